The van der Waals surface area contributed by atoms with Crippen LogP contribution < -0.4 is 56.1 Å². The Morgan fingerprint density at radius 3 is 1.93 bits per heavy atom. The van der Waals surface area contributed by atoms with Gasteiger partial charge >= 0.3 is 0 Å². The summed E-state index contributed by atoms with van der Waals surface area (Å²) in [6, 6.07) is -1.06. The van der Waals surface area contributed by atoms with E-state index in [4.69, 9.17) is 84.7 Å². The molecule has 7 aliphatic rings. The number of carbonyl (C=O) groups is 7. The quantitative estimate of drug-likeness (QED) is 0.0204. The van der Waals surface area contributed by atoms with Gasteiger partial charge in [0.1, 0.15) is 54.4 Å². The predicted octanol–water partition coefficient (Wildman–Crippen LogP) is -0.459. The van der Waals surface area contributed by atoms with E-state index in [1.54, 1.807) is 20.8 Å². The van der Waals surface area contributed by atoms with Gasteiger partial charge in [-0.05, 0) is 81.1 Å². The van der Waals surface area contributed by atoms with Crippen molar-refractivity contribution >= 4 is 100 Å². The fourth-order valence-corrected chi connectivity index (χ4v) is 17.7. The molecule has 107 heavy (non-hydrogen) atoms. The van der Waals surface area contributed by atoms with Crippen LogP contribution in [0.4, 0.5) is 11.6 Å². The summed E-state index contributed by atoms with van der Waals surface area (Å²) < 4.78 is 37.7. The van der Waals surface area contributed by atoms with Crippen LogP contribution in [-0.4, -0.2) is 186 Å². The summed E-state index contributed by atoms with van der Waals surface area (Å²) in [7, 11) is -5.31. The second-order valence-electron chi connectivity index (χ2n) is 29.6. The number of aliphatic hydroxyl groups is 4. The van der Waals surface area contributed by atoms with Gasteiger partial charge in [0.2, 0.25) is 41.4 Å². The molecule has 38 nitrogen and oxygen atoms in total. The van der Waals surface area contributed by atoms with Crippen LogP contribution in [0.3, 0.4) is 0 Å². The molecule has 40 heteroatoms. The molecule has 21 N–H and O–H groups in total. The number of nitrogens with one attached hydrogen (secondary N) is 1. The topological polar surface area (TPSA) is 636 Å². The van der Waals surface area contributed by atoms with E-state index in [1.807, 2.05) is 40.7 Å². The number of primary amides is 6. The third-order valence-corrected chi connectivity index (χ3v) is 23.5. The Morgan fingerprint density at radius 1 is 0.710 bits per heavy atom. The van der Waals surface area contributed by atoms with Gasteiger partial charge in [-0.25, -0.2) is 29.9 Å². The maximum atomic E-state index is 14.2. The first-order valence-corrected chi connectivity index (χ1v) is 36.0. The molecule has 11 rings (SSSR count). The second-order valence-corrected chi connectivity index (χ2v) is 31.0. The minimum atomic E-state index is -5.31. The fraction of sp³-hybridized carbons (Fsp3) is 0.597. The molecule has 4 aromatic rings. The molecule has 585 valence electrons. The number of aliphatic hydroxyl groups excluding tert-OH is 4. The molecular weight excluding hydrogens is 1460 g/mol. The van der Waals surface area contributed by atoms with Gasteiger partial charge in [-0.1, -0.05) is 40.7 Å². The van der Waals surface area contributed by atoms with Gasteiger partial charge in [0, 0.05) is 125 Å². The number of nitrogens with zero attached hydrogens (tertiary/aromatic N) is 12. The molecular formula is C67H93CoN21O17P-3. The van der Waals surface area contributed by atoms with E-state index in [0.29, 0.717) is 56.5 Å². The Morgan fingerprint density at radius 2 is 1.32 bits per heavy atom. The van der Waals surface area contributed by atoms with Crippen molar-refractivity contribution in [2.75, 3.05) is 31.2 Å². The molecule has 1 radical (unpaired) electrons. The molecule has 0 spiro atoms. The van der Waals surface area contributed by atoms with E-state index < -0.39 is 168 Å². The second kappa shape index (κ2) is 31.5. The van der Waals surface area contributed by atoms with Crippen LogP contribution in [0, 0.1) is 52.3 Å². The van der Waals surface area contributed by atoms with Gasteiger partial charge in [0.05, 0.1) is 36.9 Å². The van der Waals surface area contributed by atoms with Gasteiger partial charge in [0.25, 0.3) is 7.82 Å². The van der Waals surface area contributed by atoms with Gasteiger partial charge in [-0.15, -0.1) is 0 Å². The number of phosphoric ester groups is 1. The number of anilines is 2. The van der Waals surface area contributed by atoms with E-state index in [-0.39, 0.29) is 117 Å². The third kappa shape index (κ3) is 15.7. The molecule has 11 heterocycles. The molecule has 3 saturated heterocycles. The molecule has 8 bridgehead atoms. The van der Waals surface area contributed by atoms with Gasteiger partial charge in [-0.3, -0.25) is 62.2 Å². The Hall–Kier alpha value is -8.60. The van der Waals surface area contributed by atoms with Gasteiger partial charge in [0.15, 0.2) is 35.4 Å². The Labute approximate surface area is 625 Å². The van der Waals surface area contributed by atoms with Crippen molar-refractivity contribution in [1.82, 2.24) is 44.4 Å². The van der Waals surface area contributed by atoms with Crippen LogP contribution in [0.1, 0.15) is 138 Å². The van der Waals surface area contributed by atoms with Crippen LogP contribution in [0.15, 0.2) is 74.6 Å². The summed E-state index contributed by atoms with van der Waals surface area (Å²) in [6.45, 7) is 16.6. The Bertz CT molecular complexity index is 4430. The molecule has 0 aromatic carbocycles. The number of amides is 7. The largest absolute Gasteiger partial charge is 0.756 e. The summed E-state index contributed by atoms with van der Waals surface area (Å²) in [5.41, 5.74) is 46.3. The SMILES string of the molecule is C/C1=C2N=C(/C=C3N=C(/C(C)=C4\[N-][C@H]([C@H](CC(N)=O)[C@]4(C)CCC(=O)NCCOP(=O)([O-])O[C@H]4[C@@H](O)[C@@H](n5cnc6ncnc(N)c65)O[C@@H]4CO)[C@]4(C)N=C1[C@@H](CCC(N)=O)[C@]4(C)CC(N)=O)[C@@H](CCC(N)=O)C\3(C)C)[C@@H](CCC(N)=O)[C@]/2(C)CC(N)=O.[CH2-][C@H]1O[C@@H](n2cnc3c(N)ncnc32)[C@H](O)[C@@H]1O.[Co]. The summed E-state index contributed by atoms with van der Waals surface area (Å²) in [4.78, 5) is 147. The van der Waals surface area contributed by atoms with Crippen molar-refractivity contribution in [3.05, 3.63) is 71.9 Å². The maximum absolute atomic E-state index is 14.2. The predicted molar refractivity (Wildman–Crippen MR) is 379 cm³/mol. The minimum Gasteiger partial charge on any atom is -0.756 e. The zero-order chi connectivity index (χ0) is 77.8. The number of ether oxygens (including phenoxy) is 2. The molecule has 4 aromatic heterocycles. The van der Waals surface area contributed by atoms with Crippen molar-refractivity contribution in [3.63, 3.8) is 0 Å². The van der Waals surface area contributed by atoms with Crippen LogP contribution in [0.25, 0.3) is 27.6 Å². The molecule has 7 aliphatic heterocycles. The third-order valence-electron chi connectivity index (χ3n) is 22.5. The monoisotopic (exact) mass is 1550 g/mol. The maximum Gasteiger partial charge on any atom is 0.268 e. The Balaban J connectivity index is 0.000000601. The van der Waals surface area contributed by atoms with Gasteiger partial charge in [-0.2, -0.15) is 5.70 Å². The molecule has 7 amide bonds. The average molecular weight is 1550 g/mol. The van der Waals surface area contributed by atoms with Crippen molar-refractivity contribution < 1.29 is 98.7 Å². The van der Waals surface area contributed by atoms with Crippen LogP contribution >= 0.6 is 7.82 Å². The first-order valence-electron chi connectivity index (χ1n) is 34.5. The van der Waals surface area contributed by atoms with E-state index >= 15 is 0 Å². The number of aromatic nitrogens is 8. The first kappa shape index (κ1) is 82.5. The number of fused-ring (bicyclic) bond motifs is 8. The molecule has 18 atom stereocenters. The van der Waals surface area contributed by atoms with E-state index in [9.17, 15) is 63.4 Å². The van der Waals surface area contributed by atoms with E-state index in [0.717, 1.165) is 0 Å². The van der Waals surface area contributed by atoms with Crippen LogP contribution in [-0.2, 0) is 73.4 Å². The summed E-state index contributed by atoms with van der Waals surface area (Å²) in [6.07, 6.45) is -3.92. The molecule has 0 saturated carbocycles. The number of nitrogens with two attached hydrogens (primary N) is 8. The summed E-state index contributed by atoms with van der Waals surface area (Å²) >= 11 is 0. The normalized spacial score (nSPS) is 33.6. The number of nitrogen functional groups attached to an aromatic ring is 2. The van der Waals surface area contributed by atoms with Crippen molar-refractivity contribution in [3.8, 4) is 0 Å². The summed E-state index contributed by atoms with van der Waals surface area (Å²) in [5.74, 6) is -7.24. The molecule has 1 unspecified atom stereocenters. The fourth-order valence-electron chi connectivity index (χ4n) is 16.8. The standard InChI is InChI=1S/C57H83N16O14P.C10H12N5O3.Co/c1-26-42-29(10-13-36(59)76)53(3,4)34(70-42)20-32-28(9-12-35(58)75)55(6,21-39(62)79)48(69-32)27(2)43-30(11-14-37(60)77)56(7,22-40(63)80)57(8,72-43)49-31(19-38(61)78)54(5,47(26)71-49)16-15-41(81)65-17-18-85-88(83,84)87-46-33(23-74)86-52(45(46)82)73-25-68-51-44(73)50(64)66-24-67-51;1-4-6(16)7(17)10(18-4)15-3-14-5-8(11)12-2-13-9(5)15;/h20,24-25,28-31,33,45-46,49,52,74,82H,9-19,21-23H2,1-8H3,(H17,58,59,60,61,62,63,64,65,66,67,69,70,71,72,75,76,77,78,79,80,81,83,84);2-4,6-7,10,16-17H,1H2,(H2,11,12,13);/q;-1;/p-2/t28-,29-,30-,31+,33-,45-,46-,49-,52+,54+,55+,56+,57+;4-,6-,7-,10-;/m11./s1. The van der Waals surface area contributed by atoms with Crippen LogP contribution in [0.2, 0.25) is 0 Å². The van der Waals surface area contributed by atoms with Gasteiger partial charge < -0.3 is 107 Å². The van der Waals surface area contributed by atoms with Crippen molar-refractivity contribution in [2.24, 2.45) is 94.7 Å². The van der Waals surface area contributed by atoms with E-state index in [1.165, 1.54) is 34.4 Å². The number of aliphatic imine (C=N–C) groups is 3. The average Bonchev–Trinajstić information content (AvgIpc) is 1.53. The first-order chi connectivity index (χ1) is 49.6. The zero-order valence-electron chi connectivity index (χ0n) is 60.4. The number of hydrogen-bond donors (Lipinski definition) is 13. The summed E-state index contributed by atoms with van der Waals surface area (Å²) in [5, 5.41) is 49.2. The number of rotatable bonds is 27. The zero-order valence-corrected chi connectivity index (χ0v) is 62.3. The van der Waals surface area contributed by atoms with Crippen LogP contribution in [0.5, 0.6) is 0 Å². The number of imidazole rings is 2. The Kier molecular flexibility index (Phi) is 24.3. The number of carbonyl (C=O) groups excluding carboxylic acids is 7. The molecule has 3 fully saturated rings. The molecule has 0 aliphatic carbocycles. The number of allylic oxidation sites excluding steroid dienone is 6. The smallest absolute Gasteiger partial charge is 0.268 e. The number of hydrogen-bond acceptors (Lipinski definition) is 28. The minimum absolute atomic E-state index is 0. The van der Waals surface area contributed by atoms with Crippen molar-refractivity contribution in [2.45, 2.75) is 187 Å². The number of phosphoric acid groups is 1. The van der Waals surface area contributed by atoms with Crippen molar-refractivity contribution in [1.29, 1.82) is 0 Å². The van der Waals surface area contributed by atoms with E-state index in [2.05, 4.69) is 42.1 Å².